The fraction of sp³-hybridized carbons (Fsp3) is 0.286. The Balaban J connectivity index is 2.71. The molecular weight excluding hydrogens is 374 g/mol. The Morgan fingerprint density at radius 2 is 1.63 bits per heavy atom. The average Bonchev–Trinajstić information content (AvgIpc) is 2.41. The lowest BCUT2D eigenvalue weighted by molar-refractivity contribution is -0.116. The summed E-state index contributed by atoms with van der Waals surface area (Å²) in [5.41, 5.74) is 2.03. The summed E-state index contributed by atoms with van der Waals surface area (Å²) in [5.74, 6) is 0. The molecule has 0 aliphatic rings. The zero-order chi connectivity index (χ0) is 14.0. The van der Waals surface area contributed by atoms with Crippen molar-refractivity contribution >= 4 is 42.6 Å². The standard InChI is InChI=1S/C14H15Br2NO2/c1-17(19-2)7-9-3-5-11(15)14-12(16)6-4-10(8-18)13(9)14/h3-6,18H,7-8H2,1-2H3. The van der Waals surface area contributed by atoms with Gasteiger partial charge in [0.1, 0.15) is 0 Å². The Kier molecular flexibility index (Phi) is 4.97. The van der Waals surface area contributed by atoms with E-state index in [2.05, 4.69) is 31.9 Å². The molecule has 0 bridgehead atoms. The summed E-state index contributed by atoms with van der Waals surface area (Å²) in [6.45, 7) is 0.674. The number of aliphatic hydroxyl groups is 1. The van der Waals surface area contributed by atoms with Crippen LogP contribution < -0.4 is 0 Å². The van der Waals surface area contributed by atoms with Crippen molar-refractivity contribution < 1.29 is 9.94 Å². The molecular formula is C14H15Br2NO2. The second-order valence-electron chi connectivity index (χ2n) is 4.29. The number of hydrogen-bond acceptors (Lipinski definition) is 3. The first-order valence-corrected chi connectivity index (χ1v) is 7.41. The van der Waals surface area contributed by atoms with Crippen LogP contribution in [0.1, 0.15) is 11.1 Å². The summed E-state index contributed by atoms with van der Waals surface area (Å²) in [4.78, 5) is 5.18. The minimum absolute atomic E-state index is 0.0178. The van der Waals surface area contributed by atoms with Crippen molar-refractivity contribution in [2.45, 2.75) is 13.2 Å². The van der Waals surface area contributed by atoms with Gasteiger partial charge in [-0.1, -0.05) is 44.0 Å². The fourth-order valence-corrected chi connectivity index (χ4v) is 3.48. The molecule has 19 heavy (non-hydrogen) atoms. The van der Waals surface area contributed by atoms with Gasteiger partial charge in [0.15, 0.2) is 0 Å². The van der Waals surface area contributed by atoms with Crippen molar-refractivity contribution in [2.75, 3.05) is 14.2 Å². The molecule has 2 rings (SSSR count). The summed E-state index contributed by atoms with van der Waals surface area (Å²) in [5, 5.41) is 13.5. The summed E-state index contributed by atoms with van der Waals surface area (Å²) in [7, 11) is 3.52. The smallest absolute Gasteiger partial charge is 0.0688 e. The monoisotopic (exact) mass is 387 g/mol. The van der Waals surface area contributed by atoms with Crippen LogP contribution in [-0.2, 0) is 18.0 Å². The molecule has 0 aliphatic heterocycles. The summed E-state index contributed by atoms with van der Waals surface area (Å²) < 4.78 is 2.02. The van der Waals surface area contributed by atoms with E-state index in [0.717, 1.165) is 30.8 Å². The molecule has 1 N–H and O–H groups in total. The predicted molar refractivity (Wildman–Crippen MR) is 83.7 cm³/mol. The summed E-state index contributed by atoms with van der Waals surface area (Å²) in [6, 6.07) is 7.97. The zero-order valence-electron chi connectivity index (χ0n) is 10.8. The topological polar surface area (TPSA) is 32.7 Å². The number of nitrogens with zero attached hydrogens (tertiary/aromatic N) is 1. The third-order valence-corrected chi connectivity index (χ3v) is 4.43. The van der Waals surface area contributed by atoms with E-state index in [-0.39, 0.29) is 6.61 Å². The van der Waals surface area contributed by atoms with Crippen molar-refractivity contribution in [2.24, 2.45) is 0 Å². The van der Waals surface area contributed by atoms with Crippen molar-refractivity contribution in [3.05, 3.63) is 44.3 Å². The number of halogens is 2. The fourth-order valence-electron chi connectivity index (χ4n) is 2.13. The van der Waals surface area contributed by atoms with Gasteiger partial charge in [-0.2, -0.15) is 5.06 Å². The molecule has 0 radical (unpaired) electrons. The molecule has 0 fully saturated rings. The first-order chi connectivity index (χ1) is 9.08. The molecule has 0 unspecified atom stereocenters. The Hall–Kier alpha value is -0.460. The van der Waals surface area contributed by atoms with E-state index < -0.39 is 0 Å². The lowest BCUT2D eigenvalue weighted by Gasteiger charge is -2.18. The van der Waals surface area contributed by atoms with Gasteiger partial charge >= 0.3 is 0 Å². The van der Waals surface area contributed by atoms with Crippen LogP contribution in [0.4, 0.5) is 0 Å². The Bertz CT molecular complexity index is 593. The molecule has 0 aromatic heterocycles. The molecule has 0 saturated carbocycles. The molecule has 2 aromatic carbocycles. The summed E-state index contributed by atoms with van der Waals surface area (Å²) >= 11 is 7.14. The van der Waals surface area contributed by atoms with E-state index in [4.69, 9.17) is 4.84 Å². The highest BCUT2D eigenvalue weighted by atomic mass is 79.9. The van der Waals surface area contributed by atoms with Crippen molar-refractivity contribution in [1.82, 2.24) is 5.06 Å². The Morgan fingerprint density at radius 1 is 1.05 bits per heavy atom. The normalized spacial score (nSPS) is 11.5. The van der Waals surface area contributed by atoms with Gasteiger partial charge in [0.2, 0.25) is 0 Å². The number of hydroxylamine groups is 2. The number of hydrogen-bond donors (Lipinski definition) is 1. The van der Waals surface area contributed by atoms with Gasteiger partial charge < -0.3 is 9.94 Å². The van der Waals surface area contributed by atoms with E-state index in [1.807, 2.05) is 31.3 Å². The van der Waals surface area contributed by atoms with Gasteiger partial charge in [-0.25, -0.2) is 0 Å². The van der Waals surface area contributed by atoms with Crippen LogP contribution in [0.5, 0.6) is 0 Å². The highest BCUT2D eigenvalue weighted by Crippen LogP contribution is 2.35. The van der Waals surface area contributed by atoms with Gasteiger partial charge in [-0.05, 0) is 28.6 Å². The number of fused-ring (bicyclic) bond motifs is 1. The van der Waals surface area contributed by atoms with Crippen LogP contribution in [0.3, 0.4) is 0 Å². The highest BCUT2D eigenvalue weighted by Gasteiger charge is 2.13. The minimum Gasteiger partial charge on any atom is -0.392 e. The lowest BCUT2D eigenvalue weighted by Crippen LogP contribution is -2.16. The molecule has 0 atom stereocenters. The molecule has 0 amide bonds. The molecule has 0 spiro atoms. The maximum atomic E-state index is 9.56. The van der Waals surface area contributed by atoms with Gasteiger partial charge in [-0.3, -0.25) is 0 Å². The molecule has 2 aromatic rings. The second kappa shape index (κ2) is 6.33. The van der Waals surface area contributed by atoms with Gasteiger partial charge in [0.05, 0.1) is 13.7 Å². The maximum Gasteiger partial charge on any atom is 0.0688 e. The lowest BCUT2D eigenvalue weighted by atomic mass is 9.99. The average molecular weight is 389 g/mol. The van der Waals surface area contributed by atoms with E-state index in [1.165, 1.54) is 0 Å². The molecule has 0 heterocycles. The third kappa shape index (κ3) is 3.01. The first-order valence-electron chi connectivity index (χ1n) is 5.83. The van der Waals surface area contributed by atoms with E-state index in [9.17, 15) is 5.11 Å². The van der Waals surface area contributed by atoms with E-state index >= 15 is 0 Å². The van der Waals surface area contributed by atoms with Gasteiger partial charge in [0, 0.05) is 27.9 Å². The molecule has 102 valence electrons. The SMILES string of the molecule is CON(C)Cc1ccc(Br)c2c(Br)ccc(CO)c12. The number of aliphatic hydroxyl groups excluding tert-OH is 1. The number of rotatable bonds is 4. The van der Waals surface area contributed by atoms with Gasteiger partial charge in [0.25, 0.3) is 0 Å². The molecule has 0 saturated heterocycles. The zero-order valence-corrected chi connectivity index (χ0v) is 14.0. The largest absolute Gasteiger partial charge is 0.392 e. The van der Waals surface area contributed by atoms with Crippen molar-refractivity contribution in [3.63, 3.8) is 0 Å². The van der Waals surface area contributed by atoms with E-state index in [0.29, 0.717) is 6.54 Å². The number of benzene rings is 2. The third-order valence-electron chi connectivity index (χ3n) is 3.11. The van der Waals surface area contributed by atoms with Crippen LogP contribution in [0.15, 0.2) is 33.2 Å². The van der Waals surface area contributed by atoms with Crippen LogP contribution in [-0.4, -0.2) is 24.3 Å². The molecule has 5 heteroatoms. The molecule has 3 nitrogen and oxygen atoms in total. The quantitative estimate of drug-likeness (QED) is 0.807. The molecule has 0 aliphatic carbocycles. The van der Waals surface area contributed by atoms with Crippen LogP contribution in [0, 0.1) is 0 Å². The van der Waals surface area contributed by atoms with Crippen molar-refractivity contribution in [1.29, 1.82) is 0 Å². The van der Waals surface area contributed by atoms with Gasteiger partial charge in [-0.15, -0.1) is 0 Å². The first kappa shape index (κ1) is 14.9. The minimum atomic E-state index is 0.0178. The predicted octanol–water partition coefficient (Wildman–Crippen LogP) is 3.85. The van der Waals surface area contributed by atoms with E-state index in [1.54, 1.807) is 12.2 Å². The Labute approximate surface area is 129 Å². The Morgan fingerprint density at radius 3 is 2.16 bits per heavy atom. The van der Waals surface area contributed by atoms with Crippen molar-refractivity contribution in [3.8, 4) is 0 Å². The van der Waals surface area contributed by atoms with Crippen LogP contribution >= 0.6 is 31.9 Å². The van der Waals surface area contributed by atoms with Crippen LogP contribution in [0.2, 0.25) is 0 Å². The summed E-state index contributed by atoms with van der Waals surface area (Å²) in [6.07, 6.45) is 0. The highest BCUT2D eigenvalue weighted by molar-refractivity contribution is 9.11. The van der Waals surface area contributed by atoms with Crippen LogP contribution in [0.25, 0.3) is 10.8 Å². The second-order valence-corrected chi connectivity index (χ2v) is 6.00. The maximum absolute atomic E-state index is 9.56.